The van der Waals surface area contributed by atoms with Crippen LogP contribution in [0.4, 0.5) is 0 Å². The maximum atomic E-state index is 11.0. The second-order valence-corrected chi connectivity index (χ2v) is 2.92. The summed E-state index contributed by atoms with van der Waals surface area (Å²) < 4.78 is 5.10. The fourth-order valence-electron chi connectivity index (χ4n) is 0.910. The first kappa shape index (κ1) is 9.26. The van der Waals surface area contributed by atoms with E-state index in [1.807, 2.05) is 13.0 Å². The molecule has 0 atom stereocenters. The molecule has 0 amide bonds. The summed E-state index contributed by atoms with van der Waals surface area (Å²) in [5.74, 6) is 0.627. The molecule has 0 aliphatic carbocycles. The van der Waals surface area contributed by atoms with Crippen LogP contribution in [0.15, 0.2) is 24.3 Å². The Bertz CT molecular complexity index is 284. The number of benzene rings is 1. The lowest BCUT2D eigenvalue weighted by Crippen LogP contribution is -1.97. The van der Waals surface area contributed by atoms with Crippen molar-refractivity contribution in [2.45, 2.75) is 6.92 Å². The second kappa shape index (κ2) is 4.26. The molecule has 0 aliphatic heterocycles. The normalized spacial score (nSPS) is 9.50. The molecule has 0 aliphatic rings. The molecule has 1 aromatic carbocycles. The van der Waals surface area contributed by atoms with Gasteiger partial charge in [0.05, 0.1) is 12.2 Å². The van der Waals surface area contributed by atoms with Crippen LogP contribution < -0.4 is 4.74 Å². The third kappa shape index (κ3) is 2.08. The van der Waals surface area contributed by atoms with E-state index in [1.54, 1.807) is 18.2 Å². The highest BCUT2D eigenvalue weighted by atomic mass is 79.9. The van der Waals surface area contributed by atoms with Gasteiger partial charge in [0.25, 0.3) is 0 Å². The van der Waals surface area contributed by atoms with Gasteiger partial charge >= 0.3 is 0 Å². The molecule has 0 radical (unpaired) electrons. The van der Waals surface area contributed by atoms with Crippen molar-refractivity contribution in [3.63, 3.8) is 0 Å². The molecule has 0 unspecified atom stereocenters. The Balaban J connectivity index is 3.00. The lowest BCUT2D eigenvalue weighted by Gasteiger charge is -2.05. The van der Waals surface area contributed by atoms with Gasteiger partial charge in [-0.25, -0.2) is 0 Å². The molecule has 0 bridgehead atoms. The number of carbonyl (C=O) groups excluding carboxylic acids is 1. The molecular formula is C9H9BrO2. The zero-order chi connectivity index (χ0) is 8.97. The predicted molar refractivity (Wildman–Crippen MR) is 50.9 cm³/mol. The van der Waals surface area contributed by atoms with Crippen LogP contribution in [0, 0.1) is 0 Å². The summed E-state index contributed by atoms with van der Waals surface area (Å²) in [6.07, 6.45) is 0. The summed E-state index contributed by atoms with van der Waals surface area (Å²) in [6, 6.07) is 7.14. The van der Waals surface area contributed by atoms with Gasteiger partial charge in [0.1, 0.15) is 5.75 Å². The van der Waals surface area contributed by atoms with Crippen molar-refractivity contribution in [3.8, 4) is 5.75 Å². The van der Waals surface area contributed by atoms with E-state index in [0.717, 1.165) is 0 Å². The second-order valence-electron chi connectivity index (χ2n) is 2.20. The molecule has 0 N–H and O–H groups in total. The molecule has 2 nitrogen and oxygen atoms in total. The van der Waals surface area contributed by atoms with Gasteiger partial charge < -0.3 is 4.74 Å². The Morgan fingerprint density at radius 2 is 2.17 bits per heavy atom. The van der Waals surface area contributed by atoms with Crippen LogP contribution in [0.5, 0.6) is 5.75 Å². The molecule has 3 heteroatoms. The molecule has 64 valence electrons. The average molecular weight is 229 g/mol. The molecule has 12 heavy (non-hydrogen) atoms. The number of rotatable bonds is 3. The van der Waals surface area contributed by atoms with E-state index in [-0.39, 0.29) is 4.69 Å². The predicted octanol–water partition coefficient (Wildman–Crippen LogP) is 2.62. The average Bonchev–Trinajstić information content (AvgIpc) is 2.05. The van der Waals surface area contributed by atoms with Crippen molar-refractivity contribution >= 4 is 20.6 Å². The molecule has 0 spiro atoms. The minimum atomic E-state index is -0.147. The van der Waals surface area contributed by atoms with E-state index in [0.29, 0.717) is 17.9 Å². The van der Waals surface area contributed by atoms with E-state index in [9.17, 15) is 4.79 Å². The van der Waals surface area contributed by atoms with Crippen LogP contribution in [-0.2, 0) is 0 Å². The van der Waals surface area contributed by atoms with Crippen molar-refractivity contribution < 1.29 is 9.53 Å². The highest BCUT2D eigenvalue weighted by Crippen LogP contribution is 2.20. The van der Waals surface area contributed by atoms with Crippen molar-refractivity contribution in [3.05, 3.63) is 29.8 Å². The van der Waals surface area contributed by atoms with E-state index in [4.69, 9.17) is 4.74 Å². The minimum absolute atomic E-state index is 0.147. The van der Waals surface area contributed by atoms with Crippen molar-refractivity contribution in [1.82, 2.24) is 0 Å². The molecule has 0 fully saturated rings. The number of para-hydroxylation sites is 1. The first-order valence-electron chi connectivity index (χ1n) is 3.67. The van der Waals surface area contributed by atoms with Gasteiger partial charge in [-0.05, 0) is 35.0 Å². The van der Waals surface area contributed by atoms with E-state index >= 15 is 0 Å². The molecule has 0 aromatic heterocycles. The van der Waals surface area contributed by atoms with Crippen LogP contribution in [0.3, 0.4) is 0 Å². The third-order valence-corrected chi connectivity index (χ3v) is 1.83. The first-order chi connectivity index (χ1) is 5.75. The molecule has 0 heterocycles. The maximum absolute atomic E-state index is 11.0. The molecular weight excluding hydrogens is 220 g/mol. The Labute approximate surface area is 79.7 Å². The van der Waals surface area contributed by atoms with Gasteiger partial charge in [-0.3, -0.25) is 4.79 Å². The van der Waals surface area contributed by atoms with Crippen LogP contribution in [0.1, 0.15) is 17.3 Å². The van der Waals surface area contributed by atoms with Crippen LogP contribution in [0.2, 0.25) is 0 Å². The zero-order valence-corrected chi connectivity index (χ0v) is 8.30. The summed E-state index contributed by atoms with van der Waals surface area (Å²) in [4.78, 5) is 11.0. The molecule has 0 saturated carbocycles. The van der Waals surface area contributed by atoms with Gasteiger partial charge in [0.2, 0.25) is 4.69 Å². The summed E-state index contributed by atoms with van der Waals surface area (Å²) in [5, 5.41) is 0. The largest absolute Gasteiger partial charge is 0.493 e. The summed E-state index contributed by atoms with van der Waals surface area (Å²) in [7, 11) is 0. The highest BCUT2D eigenvalue weighted by molar-refractivity contribution is 9.18. The summed E-state index contributed by atoms with van der Waals surface area (Å²) >= 11 is 2.88. The number of carbonyl (C=O) groups is 1. The fraction of sp³-hybridized carbons (Fsp3) is 0.222. The molecule has 0 saturated heterocycles. The SMILES string of the molecule is CCOc1ccccc1C(=O)Br. The smallest absolute Gasteiger partial charge is 0.231 e. The minimum Gasteiger partial charge on any atom is -0.493 e. The van der Waals surface area contributed by atoms with Crippen LogP contribution >= 0.6 is 15.9 Å². The monoisotopic (exact) mass is 228 g/mol. The van der Waals surface area contributed by atoms with Crippen molar-refractivity contribution in [1.29, 1.82) is 0 Å². The Morgan fingerprint density at radius 3 is 2.75 bits per heavy atom. The zero-order valence-electron chi connectivity index (χ0n) is 6.71. The number of ether oxygens (including phenoxy) is 1. The highest BCUT2D eigenvalue weighted by Gasteiger charge is 2.07. The molecule has 1 rings (SSSR count). The van der Waals surface area contributed by atoms with Crippen LogP contribution in [-0.4, -0.2) is 11.3 Å². The van der Waals surface area contributed by atoms with Gasteiger partial charge in [-0.1, -0.05) is 12.1 Å². The number of hydrogen-bond donors (Lipinski definition) is 0. The molecule has 1 aromatic rings. The number of hydrogen-bond acceptors (Lipinski definition) is 2. The maximum Gasteiger partial charge on any atom is 0.231 e. The number of halogens is 1. The van der Waals surface area contributed by atoms with E-state index < -0.39 is 0 Å². The van der Waals surface area contributed by atoms with Gasteiger partial charge in [-0.2, -0.15) is 0 Å². The van der Waals surface area contributed by atoms with Gasteiger partial charge in [0.15, 0.2) is 0 Å². The topological polar surface area (TPSA) is 26.3 Å². The van der Waals surface area contributed by atoms with Gasteiger partial charge in [-0.15, -0.1) is 0 Å². The lowest BCUT2D eigenvalue weighted by molar-refractivity contribution is 0.109. The van der Waals surface area contributed by atoms with Crippen LogP contribution in [0.25, 0.3) is 0 Å². The fourth-order valence-corrected chi connectivity index (χ4v) is 1.24. The van der Waals surface area contributed by atoms with E-state index in [2.05, 4.69) is 15.9 Å². The summed E-state index contributed by atoms with van der Waals surface area (Å²) in [6.45, 7) is 2.45. The van der Waals surface area contributed by atoms with E-state index in [1.165, 1.54) is 0 Å². The Kier molecular flexibility index (Phi) is 3.29. The first-order valence-corrected chi connectivity index (χ1v) is 4.46. The third-order valence-electron chi connectivity index (χ3n) is 1.40. The van der Waals surface area contributed by atoms with Gasteiger partial charge in [0, 0.05) is 0 Å². The Morgan fingerprint density at radius 1 is 1.50 bits per heavy atom. The standard InChI is InChI=1S/C9H9BrO2/c1-2-12-8-6-4-3-5-7(8)9(10)11/h3-6H,2H2,1H3. The Hall–Kier alpha value is -0.830. The summed E-state index contributed by atoms with van der Waals surface area (Å²) in [5.41, 5.74) is 0.569. The quantitative estimate of drug-likeness (QED) is 0.744. The van der Waals surface area contributed by atoms with Crippen molar-refractivity contribution in [2.24, 2.45) is 0 Å². The van der Waals surface area contributed by atoms with Crippen molar-refractivity contribution in [2.75, 3.05) is 6.61 Å². The lowest BCUT2D eigenvalue weighted by atomic mass is 10.2.